The van der Waals surface area contributed by atoms with Crippen LogP contribution >= 0.6 is 23.2 Å². The van der Waals surface area contributed by atoms with Crippen molar-refractivity contribution < 1.29 is 4.74 Å². The van der Waals surface area contributed by atoms with Crippen LogP contribution in [0.25, 0.3) is 0 Å². The maximum absolute atomic E-state index is 5.80. The molecule has 0 saturated heterocycles. The maximum Gasteiger partial charge on any atom is 0.227 e. The Bertz CT molecular complexity index is 291. The molecular weight excluding hydrogens is 199 g/mol. The van der Waals surface area contributed by atoms with E-state index in [1.807, 2.05) is 6.92 Å². The van der Waals surface area contributed by atoms with E-state index in [2.05, 4.69) is 9.97 Å². The minimum atomic E-state index is 0.106. The van der Waals surface area contributed by atoms with Crippen molar-refractivity contribution in [2.24, 2.45) is 0 Å². The van der Waals surface area contributed by atoms with E-state index in [-0.39, 0.29) is 5.28 Å². The third-order valence-electron chi connectivity index (χ3n) is 1.44. The molecule has 3 nitrogen and oxygen atoms in total. The Morgan fingerprint density at radius 1 is 1.33 bits per heavy atom. The number of halogens is 2. The number of rotatable bonds is 2. The second-order valence-electron chi connectivity index (χ2n) is 2.12. The lowest BCUT2D eigenvalue weighted by Crippen LogP contribution is -1.97. The number of hydrogen-bond acceptors (Lipinski definition) is 3. The van der Waals surface area contributed by atoms with Gasteiger partial charge in [-0.2, -0.15) is 4.98 Å². The van der Waals surface area contributed by atoms with E-state index in [0.29, 0.717) is 11.0 Å². The fourth-order valence-corrected chi connectivity index (χ4v) is 1.38. The summed E-state index contributed by atoms with van der Waals surface area (Å²) in [6.07, 6.45) is 0.721. The molecule has 1 rings (SSSR count). The molecule has 5 heteroatoms. The molecule has 0 spiro atoms. The fraction of sp³-hybridized carbons (Fsp3) is 0.429. The zero-order valence-corrected chi connectivity index (χ0v) is 8.28. The summed E-state index contributed by atoms with van der Waals surface area (Å²) in [5.74, 6) is 0.447. The van der Waals surface area contributed by atoms with Crippen LogP contribution in [0.3, 0.4) is 0 Å². The first-order chi connectivity index (χ1) is 5.69. The third-order valence-corrected chi connectivity index (χ3v) is 1.92. The van der Waals surface area contributed by atoms with Crippen molar-refractivity contribution >= 4 is 23.2 Å². The molecular formula is C7H8Cl2N2O. The fourth-order valence-electron chi connectivity index (χ4n) is 0.879. The summed E-state index contributed by atoms with van der Waals surface area (Å²) in [5.41, 5.74) is 0.781. The van der Waals surface area contributed by atoms with E-state index in [1.165, 1.54) is 7.11 Å². The van der Waals surface area contributed by atoms with Crippen LogP contribution in [0, 0.1) is 0 Å². The van der Waals surface area contributed by atoms with Gasteiger partial charge in [0.1, 0.15) is 5.15 Å². The first-order valence-electron chi connectivity index (χ1n) is 3.45. The van der Waals surface area contributed by atoms with Gasteiger partial charge in [0, 0.05) is 0 Å². The number of ether oxygens (including phenoxy) is 1. The average Bonchev–Trinajstić information content (AvgIpc) is 2.03. The lowest BCUT2D eigenvalue weighted by atomic mass is 10.2. The number of nitrogens with zero attached hydrogens (tertiary/aromatic N) is 2. The molecule has 1 aromatic heterocycles. The van der Waals surface area contributed by atoms with Crippen molar-refractivity contribution in [2.45, 2.75) is 13.3 Å². The molecule has 0 atom stereocenters. The van der Waals surface area contributed by atoms with Crippen molar-refractivity contribution in [3.63, 3.8) is 0 Å². The smallest absolute Gasteiger partial charge is 0.227 e. The van der Waals surface area contributed by atoms with Gasteiger partial charge < -0.3 is 4.74 Å². The topological polar surface area (TPSA) is 35.0 Å². The van der Waals surface area contributed by atoms with Crippen molar-refractivity contribution in [3.05, 3.63) is 16.0 Å². The molecule has 66 valence electrons. The summed E-state index contributed by atoms with van der Waals surface area (Å²) in [4.78, 5) is 7.66. The molecule has 0 radical (unpaired) electrons. The Morgan fingerprint density at radius 3 is 2.50 bits per heavy atom. The van der Waals surface area contributed by atoms with Crippen LogP contribution in [0.1, 0.15) is 12.5 Å². The normalized spacial score (nSPS) is 10.0. The molecule has 0 aliphatic carbocycles. The van der Waals surface area contributed by atoms with Crippen molar-refractivity contribution in [1.82, 2.24) is 9.97 Å². The standard InChI is InChI=1S/C7H8Cl2N2O/c1-3-4-5(8)10-7(9)11-6(4)12-2/h3H2,1-2H3. The molecule has 0 fully saturated rings. The maximum atomic E-state index is 5.80. The minimum Gasteiger partial charge on any atom is -0.481 e. The summed E-state index contributed by atoms with van der Waals surface area (Å²) in [6, 6.07) is 0. The highest BCUT2D eigenvalue weighted by atomic mass is 35.5. The van der Waals surface area contributed by atoms with Crippen LogP contribution in [0.2, 0.25) is 10.4 Å². The number of aromatic nitrogens is 2. The lowest BCUT2D eigenvalue weighted by Gasteiger charge is -2.05. The summed E-state index contributed by atoms with van der Waals surface area (Å²) < 4.78 is 4.98. The van der Waals surface area contributed by atoms with Crippen molar-refractivity contribution in [3.8, 4) is 5.88 Å². The zero-order valence-electron chi connectivity index (χ0n) is 6.77. The van der Waals surface area contributed by atoms with Crippen molar-refractivity contribution in [2.75, 3.05) is 7.11 Å². The Balaban J connectivity index is 3.24. The van der Waals surface area contributed by atoms with Crippen LogP contribution in [0.5, 0.6) is 5.88 Å². The zero-order chi connectivity index (χ0) is 9.14. The molecule has 0 aliphatic rings. The van der Waals surface area contributed by atoms with Crippen LogP contribution in [0.4, 0.5) is 0 Å². The Kier molecular flexibility index (Phi) is 3.12. The molecule has 0 N–H and O–H groups in total. The number of methoxy groups -OCH3 is 1. The van der Waals surface area contributed by atoms with Crippen LogP contribution in [0.15, 0.2) is 0 Å². The Morgan fingerprint density at radius 2 is 2.00 bits per heavy atom. The van der Waals surface area contributed by atoms with Gasteiger partial charge in [0.25, 0.3) is 0 Å². The average molecular weight is 207 g/mol. The lowest BCUT2D eigenvalue weighted by molar-refractivity contribution is 0.392. The first kappa shape index (κ1) is 9.55. The van der Waals surface area contributed by atoms with Gasteiger partial charge >= 0.3 is 0 Å². The van der Waals surface area contributed by atoms with Gasteiger partial charge in [-0.05, 0) is 18.0 Å². The van der Waals surface area contributed by atoms with Crippen molar-refractivity contribution in [1.29, 1.82) is 0 Å². The quantitative estimate of drug-likeness (QED) is 0.551. The van der Waals surface area contributed by atoms with E-state index in [0.717, 1.165) is 12.0 Å². The van der Waals surface area contributed by atoms with Crippen LogP contribution < -0.4 is 4.74 Å². The summed E-state index contributed by atoms with van der Waals surface area (Å²) in [5, 5.41) is 0.461. The second-order valence-corrected chi connectivity index (χ2v) is 2.82. The van der Waals surface area contributed by atoms with E-state index < -0.39 is 0 Å². The highest BCUT2D eigenvalue weighted by Crippen LogP contribution is 2.24. The van der Waals surface area contributed by atoms with Gasteiger partial charge in [0.15, 0.2) is 0 Å². The summed E-state index contributed by atoms with van der Waals surface area (Å²) in [6.45, 7) is 1.95. The van der Waals surface area contributed by atoms with Gasteiger partial charge in [-0.25, -0.2) is 4.98 Å². The predicted octanol–water partition coefficient (Wildman–Crippen LogP) is 2.35. The van der Waals surface area contributed by atoms with Gasteiger partial charge in [-0.15, -0.1) is 0 Å². The molecule has 0 aliphatic heterocycles. The van der Waals surface area contributed by atoms with E-state index in [4.69, 9.17) is 27.9 Å². The molecule has 1 aromatic rings. The van der Waals surface area contributed by atoms with Gasteiger partial charge in [-0.1, -0.05) is 18.5 Å². The molecule has 0 unspecified atom stereocenters. The molecule has 0 saturated carbocycles. The highest BCUT2D eigenvalue weighted by Gasteiger charge is 2.10. The highest BCUT2D eigenvalue weighted by molar-refractivity contribution is 6.32. The second kappa shape index (κ2) is 3.92. The van der Waals surface area contributed by atoms with Crippen LogP contribution in [-0.2, 0) is 6.42 Å². The van der Waals surface area contributed by atoms with Crippen LogP contribution in [-0.4, -0.2) is 17.1 Å². The van der Waals surface area contributed by atoms with Gasteiger partial charge in [0.2, 0.25) is 11.2 Å². The first-order valence-corrected chi connectivity index (χ1v) is 4.20. The molecule has 0 amide bonds. The molecule has 12 heavy (non-hydrogen) atoms. The van der Waals surface area contributed by atoms with E-state index in [1.54, 1.807) is 0 Å². The number of hydrogen-bond donors (Lipinski definition) is 0. The predicted molar refractivity (Wildman–Crippen MR) is 48.0 cm³/mol. The monoisotopic (exact) mass is 206 g/mol. The van der Waals surface area contributed by atoms with Gasteiger partial charge in [-0.3, -0.25) is 0 Å². The molecule has 1 heterocycles. The van der Waals surface area contributed by atoms with E-state index in [9.17, 15) is 0 Å². The van der Waals surface area contributed by atoms with Gasteiger partial charge in [0.05, 0.1) is 12.7 Å². The van der Waals surface area contributed by atoms with E-state index >= 15 is 0 Å². The Labute approximate surface area is 80.7 Å². The summed E-state index contributed by atoms with van der Waals surface area (Å²) in [7, 11) is 1.52. The summed E-state index contributed by atoms with van der Waals surface area (Å²) >= 11 is 11.4. The Hall–Kier alpha value is -0.540. The largest absolute Gasteiger partial charge is 0.481 e. The molecule has 0 bridgehead atoms. The third kappa shape index (κ3) is 1.79. The minimum absolute atomic E-state index is 0.106. The SMILES string of the molecule is CCc1c(Cl)nc(Cl)nc1OC. The molecule has 0 aromatic carbocycles.